The second kappa shape index (κ2) is 6.70. The van der Waals surface area contributed by atoms with E-state index in [1.165, 1.54) is 16.4 Å². The van der Waals surface area contributed by atoms with Crippen molar-refractivity contribution in [3.05, 3.63) is 58.6 Å². The maximum Gasteiger partial charge on any atom is 0.269 e. The summed E-state index contributed by atoms with van der Waals surface area (Å²) in [5.41, 5.74) is 1.66. The topological polar surface area (TPSA) is 80.5 Å². The van der Waals surface area contributed by atoms with Crippen LogP contribution in [0.4, 0.5) is 5.69 Å². The quantitative estimate of drug-likeness (QED) is 0.627. The Morgan fingerprint density at radius 1 is 0.833 bits per heavy atom. The molecule has 3 rings (SSSR count). The number of non-ortho nitro benzene ring substituents is 1. The first-order valence-corrected chi connectivity index (χ1v) is 9.27. The molecule has 1 aliphatic heterocycles. The molecule has 0 bridgehead atoms. The van der Waals surface area contributed by atoms with Crippen molar-refractivity contribution < 1.29 is 13.3 Å². The van der Waals surface area contributed by atoms with Crippen LogP contribution < -0.4 is 0 Å². The van der Waals surface area contributed by atoms with E-state index in [2.05, 4.69) is 0 Å². The van der Waals surface area contributed by atoms with Crippen LogP contribution in [0.1, 0.15) is 19.3 Å². The van der Waals surface area contributed by atoms with Crippen molar-refractivity contribution in [1.82, 2.24) is 4.31 Å². The molecule has 2 aromatic rings. The average Bonchev–Trinajstić information content (AvgIpc) is 2.62. The molecule has 0 N–H and O–H groups in total. The molecule has 7 heteroatoms. The van der Waals surface area contributed by atoms with Gasteiger partial charge < -0.3 is 0 Å². The number of rotatable bonds is 4. The first kappa shape index (κ1) is 16.6. The minimum absolute atomic E-state index is 0.0306. The van der Waals surface area contributed by atoms with Gasteiger partial charge in [-0.05, 0) is 48.2 Å². The molecule has 1 heterocycles. The Morgan fingerprint density at radius 2 is 1.33 bits per heavy atom. The van der Waals surface area contributed by atoms with Gasteiger partial charge in [0.2, 0.25) is 10.0 Å². The molecule has 0 spiro atoms. The van der Waals surface area contributed by atoms with Gasteiger partial charge in [-0.2, -0.15) is 4.31 Å². The van der Waals surface area contributed by atoms with Crippen molar-refractivity contribution in [3.63, 3.8) is 0 Å². The molecule has 0 unspecified atom stereocenters. The number of nitro benzene ring substituents is 1. The monoisotopic (exact) mass is 346 g/mol. The lowest BCUT2D eigenvalue weighted by atomic mass is 10.1. The molecule has 6 nitrogen and oxygen atoms in total. The SMILES string of the molecule is O=[N+]([O-])c1ccc(-c2ccc(S(=O)(=O)N3CCCCC3)cc2)cc1. The first-order valence-electron chi connectivity index (χ1n) is 7.83. The molecule has 0 aliphatic carbocycles. The molecule has 1 saturated heterocycles. The van der Waals surface area contributed by atoms with E-state index in [4.69, 9.17) is 0 Å². The van der Waals surface area contributed by atoms with Crippen molar-refractivity contribution >= 4 is 15.7 Å². The second-order valence-electron chi connectivity index (χ2n) is 5.79. The molecular weight excluding hydrogens is 328 g/mol. The van der Waals surface area contributed by atoms with E-state index in [0.29, 0.717) is 13.1 Å². The number of nitro groups is 1. The number of sulfonamides is 1. The Bertz CT molecular complexity index is 824. The van der Waals surface area contributed by atoms with Gasteiger partial charge in [0.1, 0.15) is 0 Å². The smallest absolute Gasteiger partial charge is 0.258 e. The van der Waals surface area contributed by atoms with Crippen molar-refractivity contribution in [2.24, 2.45) is 0 Å². The molecule has 0 saturated carbocycles. The Labute approximate surface area is 140 Å². The number of benzene rings is 2. The lowest BCUT2D eigenvalue weighted by Crippen LogP contribution is -2.35. The van der Waals surface area contributed by atoms with Crippen molar-refractivity contribution in [2.45, 2.75) is 24.2 Å². The molecule has 0 radical (unpaired) electrons. The Kier molecular flexibility index (Phi) is 4.64. The summed E-state index contributed by atoms with van der Waals surface area (Å²) in [7, 11) is -3.43. The number of piperidine rings is 1. The predicted molar refractivity (Wildman–Crippen MR) is 91.1 cm³/mol. The van der Waals surface area contributed by atoms with Gasteiger partial charge in [-0.15, -0.1) is 0 Å². The number of nitrogens with zero attached hydrogens (tertiary/aromatic N) is 2. The normalized spacial score (nSPS) is 16.0. The van der Waals surface area contributed by atoms with Gasteiger partial charge in [-0.25, -0.2) is 8.42 Å². The summed E-state index contributed by atoms with van der Waals surface area (Å²) < 4.78 is 26.8. The molecule has 1 fully saturated rings. The van der Waals surface area contributed by atoms with Crippen molar-refractivity contribution in [1.29, 1.82) is 0 Å². The fourth-order valence-electron chi connectivity index (χ4n) is 2.85. The van der Waals surface area contributed by atoms with Gasteiger partial charge >= 0.3 is 0 Å². The second-order valence-corrected chi connectivity index (χ2v) is 7.73. The van der Waals surface area contributed by atoms with Gasteiger partial charge in [0, 0.05) is 25.2 Å². The molecule has 126 valence electrons. The van der Waals surface area contributed by atoms with Crippen LogP contribution in [0.25, 0.3) is 11.1 Å². The minimum Gasteiger partial charge on any atom is -0.258 e. The third kappa shape index (κ3) is 3.32. The van der Waals surface area contributed by atoms with Crippen LogP contribution in [0, 0.1) is 10.1 Å². The van der Waals surface area contributed by atoms with E-state index in [9.17, 15) is 18.5 Å². The summed E-state index contributed by atoms with van der Waals surface area (Å²) in [4.78, 5) is 10.5. The third-order valence-electron chi connectivity index (χ3n) is 4.22. The maximum absolute atomic E-state index is 12.6. The van der Waals surface area contributed by atoms with Crippen LogP contribution >= 0.6 is 0 Å². The predicted octanol–water partition coefficient (Wildman–Crippen LogP) is 3.44. The Balaban J connectivity index is 1.83. The average molecular weight is 346 g/mol. The van der Waals surface area contributed by atoms with E-state index in [0.717, 1.165) is 30.4 Å². The lowest BCUT2D eigenvalue weighted by molar-refractivity contribution is -0.384. The van der Waals surface area contributed by atoms with Crippen LogP contribution in [0.5, 0.6) is 0 Å². The van der Waals surface area contributed by atoms with Crippen LogP contribution in [-0.4, -0.2) is 30.7 Å². The van der Waals surface area contributed by atoms with Crippen molar-refractivity contribution in [3.8, 4) is 11.1 Å². The van der Waals surface area contributed by atoms with Crippen LogP contribution in [0.3, 0.4) is 0 Å². The standard InChI is InChI=1S/C17H18N2O4S/c20-19(21)16-8-4-14(5-9-16)15-6-10-17(11-7-15)24(22,23)18-12-2-1-3-13-18/h4-11H,1-3,12-13H2. The number of hydrogen-bond acceptors (Lipinski definition) is 4. The van der Waals surface area contributed by atoms with Crippen LogP contribution in [0.15, 0.2) is 53.4 Å². The van der Waals surface area contributed by atoms with E-state index >= 15 is 0 Å². The highest BCUT2D eigenvalue weighted by atomic mass is 32.2. The van der Waals surface area contributed by atoms with E-state index in [1.54, 1.807) is 36.4 Å². The summed E-state index contributed by atoms with van der Waals surface area (Å²) in [5, 5.41) is 10.7. The molecule has 0 aromatic heterocycles. The molecule has 2 aromatic carbocycles. The zero-order chi connectivity index (χ0) is 17.2. The van der Waals surface area contributed by atoms with Crippen LogP contribution in [0.2, 0.25) is 0 Å². The van der Waals surface area contributed by atoms with Gasteiger partial charge in [0.25, 0.3) is 5.69 Å². The molecule has 24 heavy (non-hydrogen) atoms. The zero-order valence-electron chi connectivity index (χ0n) is 13.1. The van der Waals surface area contributed by atoms with E-state index in [-0.39, 0.29) is 10.6 Å². The number of hydrogen-bond donors (Lipinski definition) is 0. The third-order valence-corrected chi connectivity index (χ3v) is 6.13. The van der Waals surface area contributed by atoms with Crippen LogP contribution in [-0.2, 0) is 10.0 Å². The van der Waals surface area contributed by atoms with Gasteiger partial charge in [-0.1, -0.05) is 18.6 Å². The fourth-order valence-corrected chi connectivity index (χ4v) is 4.37. The highest BCUT2D eigenvalue weighted by Gasteiger charge is 2.25. The summed E-state index contributed by atoms with van der Waals surface area (Å²) >= 11 is 0. The van der Waals surface area contributed by atoms with Crippen molar-refractivity contribution in [2.75, 3.05) is 13.1 Å². The highest BCUT2D eigenvalue weighted by Crippen LogP contribution is 2.26. The summed E-state index contributed by atoms with van der Waals surface area (Å²) in [6, 6.07) is 12.9. The summed E-state index contributed by atoms with van der Waals surface area (Å²) in [6.45, 7) is 1.15. The van der Waals surface area contributed by atoms with E-state index in [1.807, 2.05) is 0 Å². The molecule has 1 aliphatic rings. The fraction of sp³-hybridized carbons (Fsp3) is 0.294. The van der Waals surface area contributed by atoms with E-state index < -0.39 is 14.9 Å². The largest absolute Gasteiger partial charge is 0.269 e. The zero-order valence-corrected chi connectivity index (χ0v) is 13.9. The summed E-state index contributed by atoms with van der Waals surface area (Å²) in [5.74, 6) is 0. The first-order chi connectivity index (χ1) is 11.5. The molecule has 0 amide bonds. The Hall–Kier alpha value is -2.25. The maximum atomic E-state index is 12.6. The Morgan fingerprint density at radius 3 is 1.83 bits per heavy atom. The summed E-state index contributed by atoms with van der Waals surface area (Å²) in [6.07, 6.45) is 2.88. The van der Waals surface area contributed by atoms with Gasteiger partial charge in [0.15, 0.2) is 0 Å². The highest BCUT2D eigenvalue weighted by molar-refractivity contribution is 7.89. The lowest BCUT2D eigenvalue weighted by Gasteiger charge is -2.25. The molecule has 0 atom stereocenters. The molecular formula is C17H18N2O4S. The van der Waals surface area contributed by atoms with Gasteiger partial charge in [-0.3, -0.25) is 10.1 Å². The van der Waals surface area contributed by atoms with Gasteiger partial charge in [0.05, 0.1) is 9.82 Å². The minimum atomic E-state index is -3.43.